The fourth-order valence-electron chi connectivity index (χ4n) is 3.46. The Hall–Kier alpha value is -2.98. The van der Waals surface area contributed by atoms with Gasteiger partial charge >= 0.3 is 0 Å². The third kappa shape index (κ3) is 3.00. The molecule has 3 aromatic rings. The summed E-state index contributed by atoms with van der Waals surface area (Å²) in [5.41, 5.74) is 2.91. The summed E-state index contributed by atoms with van der Waals surface area (Å²) < 4.78 is 5.25. The monoisotopic (exact) mass is 347 g/mol. The smallest absolute Gasteiger partial charge is 0.163 e. The molecule has 1 N–H and O–H groups in total. The first-order chi connectivity index (χ1) is 12.8. The SMILES string of the molecule is COc1cccc([C@@H]2C[C@@H](c3ccccc3)N(c3ccccc3)O2)c1O. The number of hydrogen-bond acceptors (Lipinski definition) is 4. The summed E-state index contributed by atoms with van der Waals surface area (Å²) in [6, 6.07) is 25.9. The van der Waals surface area contributed by atoms with Gasteiger partial charge in [0.1, 0.15) is 6.10 Å². The number of phenolic OH excluding ortho intramolecular Hbond substituents is 1. The summed E-state index contributed by atoms with van der Waals surface area (Å²) >= 11 is 0. The molecule has 4 rings (SSSR count). The van der Waals surface area contributed by atoms with Crippen molar-refractivity contribution in [3.63, 3.8) is 0 Å². The molecule has 1 aliphatic heterocycles. The summed E-state index contributed by atoms with van der Waals surface area (Å²) in [4.78, 5) is 6.30. The van der Waals surface area contributed by atoms with Crippen LogP contribution in [0, 0.1) is 0 Å². The molecule has 1 saturated heterocycles. The van der Waals surface area contributed by atoms with Gasteiger partial charge in [-0.3, -0.25) is 4.84 Å². The van der Waals surface area contributed by atoms with Crippen LogP contribution in [0.4, 0.5) is 5.69 Å². The van der Waals surface area contributed by atoms with Gasteiger partial charge in [0, 0.05) is 12.0 Å². The Morgan fingerprint density at radius 1 is 0.923 bits per heavy atom. The summed E-state index contributed by atoms with van der Waals surface area (Å²) in [5, 5.41) is 12.5. The van der Waals surface area contributed by atoms with E-state index in [2.05, 4.69) is 12.1 Å². The Balaban J connectivity index is 1.72. The summed E-state index contributed by atoms with van der Waals surface area (Å²) in [6.07, 6.45) is 0.482. The Morgan fingerprint density at radius 2 is 1.62 bits per heavy atom. The largest absolute Gasteiger partial charge is 0.504 e. The molecule has 0 radical (unpaired) electrons. The van der Waals surface area contributed by atoms with Crippen molar-refractivity contribution in [1.29, 1.82) is 0 Å². The van der Waals surface area contributed by atoms with Crippen LogP contribution in [-0.2, 0) is 4.84 Å². The lowest BCUT2D eigenvalue weighted by atomic mass is 9.97. The van der Waals surface area contributed by atoms with Crippen molar-refractivity contribution in [1.82, 2.24) is 0 Å². The third-order valence-corrected chi connectivity index (χ3v) is 4.75. The van der Waals surface area contributed by atoms with E-state index in [0.29, 0.717) is 5.75 Å². The normalized spacial score (nSPS) is 19.5. The fourth-order valence-corrected chi connectivity index (χ4v) is 3.46. The first-order valence-corrected chi connectivity index (χ1v) is 8.70. The molecule has 132 valence electrons. The van der Waals surface area contributed by atoms with Crippen LogP contribution in [-0.4, -0.2) is 12.2 Å². The van der Waals surface area contributed by atoms with Crippen LogP contribution in [0.25, 0.3) is 0 Å². The van der Waals surface area contributed by atoms with Crippen molar-refractivity contribution in [3.05, 3.63) is 90.0 Å². The average Bonchev–Trinajstić information content (AvgIpc) is 3.15. The summed E-state index contributed by atoms with van der Waals surface area (Å²) in [7, 11) is 1.55. The van der Waals surface area contributed by atoms with E-state index in [9.17, 15) is 5.11 Å². The Bertz CT molecular complexity index is 820. The van der Waals surface area contributed by atoms with Gasteiger partial charge in [-0.25, -0.2) is 5.06 Å². The first-order valence-electron chi connectivity index (χ1n) is 8.70. The standard InChI is InChI=1S/C22H21NO3/c1-25-20-14-8-13-18(22(20)24)21-15-19(16-9-4-2-5-10-16)23(26-21)17-11-6-3-7-12-17/h2-14,19,21,24H,15H2,1H3/t19-,21-/m0/s1. The zero-order valence-electron chi connectivity index (χ0n) is 14.6. The highest BCUT2D eigenvalue weighted by Crippen LogP contribution is 2.47. The molecule has 1 heterocycles. The van der Waals surface area contributed by atoms with Crippen LogP contribution >= 0.6 is 0 Å². The maximum absolute atomic E-state index is 10.5. The highest BCUT2D eigenvalue weighted by Gasteiger charge is 2.37. The van der Waals surface area contributed by atoms with Crippen LogP contribution < -0.4 is 9.80 Å². The molecule has 0 spiro atoms. The predicted molar refractivity (Wildman–Crippen MR) is 101 cm³/mol. The number of methoxy groups -OCH3 is 1. The van der Waals surface area contributed by atoms with Crippen molar-refractivity contribution >= 4 is 5.69 Å². The second kappa shape index (κ2) is 7.10. The summed E-state index contributed by atoms with van der Waals surface area (Å²) in [5.74, 6) is 0.599. The van der Waals surface area contributed by atoms with E-state index in [0.717, 1.165) is 17.7 Å². The van der Waals surface area contributed by atoms with Gasteiger partial charge in [-0.15, -0.1) is 0 Å². The van der Waals surface area contributed by atoms with Gasteiger partial charge in [0.25, 0.3) is 0 Å². The molecule has 1 aliphatic rings. The van der Waals surface area contributed by atoms with E-state index in [4.69, 9.17) is 9.57 Å². The quantitative estimate of drug-likeness (QED) is 0.719. The molecule has 0 bridgehead atoms. The zero-order chi connectivity index (χ0) is 17.9. The van der Waals surface area contributed by atoms with Gasteiger partial charge in [0.15, 0.2) is 11.5 Å². The molecule has 1 fully saturated rings. The minimum absolute atomic E-state index is 0.0641. The van der Waals surface area contributed by atoms with Crippen molar-refractivity contribution in [3.8, 4) is 11.5 Å². The van der Waals surface area contributed by atoms with Crippen molar-refractivity contribution in [2.24, 2.45) is 0 Å². The second-order valence-corrected chi connectivity index (χ2v) is 6.32. The van der Waals surface area contributed by atoms with Gasteiger partial charge in [-0.1, -0.05) is 60.7 Å². The predicted octanol–water partition coefficient (Wildman–Crippen LogP) is 5.03. The van der Waals surface area contributed by atoms with Crippen LogP contribution in [0.3, 0.4) is 0 Å². The highest BCUT2D eigenvalue weighted by atomic mass is 16.7. The number of hydrogen-bond donors (Lipinski definition) is 1. The Morgan fingerprint density at radius 3 is 2.31 bits per heavy atom. The minimum atomic E-state index is -0.254. The summed E-state index contributed by atoms with van der Waals surface area (Å²) in [6.45, 7) is 0. The number of nitrogens with zero attached hydrogens (tertiary/aromatic N) is 1. The number of hydroxylamine groups is 1. The van der Waals surface area contributed by atoms with E-state index in [1.54, 1.807) is 13.2 Å². The number of benzene rings is 3. The van der Waals surface area contributed by atoms with Crippen molar-refractivity contribution < 1.29 is 14.7 Å². The van der Waals surface area contributed by atoms with E-state index in [1.807, 2.05) is 65.7 Å². The van der Waals surface area contributed by atoms with Crippen LogP contribution in [0.2, 0.25) is 0 Å². The molecule has 4 heteroatoms. The molecule has 4 nitrogen and oxygen atoms in total. The third-order valence-electron chi connectivity index (χ3n) is 4.75. The average molecular weight is 347 g/mol. The number of aromatic hydroxyl groups is 1. The molecule has 3 aromatic carbocycles. The van der Waals surface area contributed by atoms with Gasteiger partial charge in [-0.05, 0) is 23.8 Å². The molecule has 2 atom stereocenters. The maximum Gasteiger partial charge on any atom is 0.163 e. The van der Waals surface area contributed by atoms with E-state index in [1.165, 1.54) is 5.56 Å². The van der Waals surface area contributed by atoms with Gasteiger partial charge in [0.05, 0.1) is 18.8 Å². The number of phenols is 1. The Kier molecular flexibility index (Phi) is 4.50. The first kappa shape index (κ1) is 16.5. The maximum atomic E-state index is 10.5. The number of anilines is 1. The number of rotatable bonds is 4. The lowest BCUT2D eigenvalue weighted by Crippen LogP contribution is -2.21. The van der Waals surface area contributed by atoms with Crippen molar-refractivity contribution in [2.45, 2.75) is 18.6 Å². The number of ether oxygens (including phenoxy) is 1. The Labute approximate surface area is 153 Å². The number of para-hydroxylation sites is 2. The molecular weight excluding hydrogens is 326 g/mol. The van der Waals surface area contributed by atoms with Crippen molar-refractivity contribution in [2.75, 3.05) is 12.2 Å². The van der Waals surface area contributed by atoms with Crippen LogP contribution in [0.1, 0.15) is 29.7 Å². The molecular formula is C22H21NO3. The lowest BCUT2D eigenvalue weighted by Gasteiger charge is -2.25. The van der Waals surface area contributed by atoms with Gasteiger partial charge in [-0.2, -0.15) is 0 Å². The van der Waals surface area contributed by atoms with Gasteiger partial charge in [0.2, 0.25) is 0 Å². The molecule has 0 aromatic heterocycles. The topological polar surface area (TPSA) is 41.9 Å². The minimum Gasteiger partial charge on any atom is -0.504 e. The van der Waals surface area contributed by atoms with E-state index in [-0.39, 0.29) is 17.9 Å². The van der Waals surface area contributed by atoms with E-state index < -0.39 is 0 Å². The van der Waals surface area contributed by atoms with Gasteiger partial charge < -0.3 is 9.84 Å². The fraction of sp³-hybridized carbons (Fsp3) is 0.182. The molecule has 0 aliphatic carbocycles. The molecule has 26 heavy (non-hydrogen) atoms. The highest BCUT2D eigenvalue weighted by molar-refractivity contribution is 5.50. The molecule has 0 unspecified atom stereocenters. The second-order valence-electron chi connectivity index (χ2n) is 6.32. The van der Waals surface area contributed by atoms with E-state index >= 15 is 0 Å². The molecule has 0 saturated carbocycles. The lowest BCUT2D eigenvalue weighted by molar-refractivity contribution is 0.0816. The molecule has 0 amide bonds. The van der Waals surface area contributed by atoms with Crippen LogP contribution in [0.15, 0.2) is 78.9 Å². The zero-order valence-corrected chi connectivity index (χ0v) is 14.6. The van der Waals surface area contributed by atoms with Crippen LogP contribution in [0.5, 0.6) is 11.5 Å².